The van der Waals surface area contributed by atoms with Gasteiger partial charge >= 0.3 is 6.03 Å². The van der Waals surface area contributed by atoms with Crippen LogP contribution >= 0.6 is 0 Å². The van der Waals surface area contributed by atoms with E-state index in [-0.39, 0.29) is 18.0 Å². The second-order valence-corrected chi connectivity index (χ2v) is 8.30. The van der Waals surface area contributed by atoms with Crippen molar-refractivity contribution >= 4 is 17.8 Å². The Morgan fingerprint density at radius 2 is 1.82 bits per heavy atom. The van der Waals surface area contributed by atoms with Gasteiger partial charge in [-0.2, -0.15) is 0 Å². The molecular weight excluding hydrogens is 434 g/mol. The SMILES string of the molecule is CCC(C)NC(=O)N1CCN(c2ncccc2C(=O)NCCc2ccc(OC)c(OC)c2)CC1. The number of anilines is 1. The number of methoxy groups -OCH3 is 2. The highest BCUT2D eigenvalue weighted by Gasteiger charge is 2.25. The van der Waals surface area contributed by atoms with Crippen LogP contribution in [0.25, 0.3) is 0 Å². The molecule has 1 fully saturated rings. The zero-order valence-electron chi connectivity index (χ0n) is 20.5. The fourth-order valence-corrected chi connectivity index (χ4v) is 3.80. The summed E-state index contributed by atoms with van der Waals surface area (Å²) in [7, 11) is 3.20. The Bertz CT molecular complexity index is 976. The summed E-state index contributed by atoms with van der Waals surface area (Å²) >= 11 is 0. The summed E-state index contributed by atoms with van der Waals surface area (Å²) in [5.41, 5.74) is 1.57. The predicted molar refractivity (Wildman–Crippen MR) is 132 cm³/mol. The molecule has 2 aromatic rings. The molecule has 2 N–H and O–H groups in total. The lowest BCUT2D eigenvalue weighted by molar-refractivity contribution is 0.0954. The van der Waals surface area contributed by atoms with Crippen molar-refractivity contribution in [2.75, 3.05) is 51.8 Å². The minimum atomic E-state index is -0.166. The number of ether oxygens (including phenoxy) is 2. The Morgan fingerprint density at radius 1 is 1.09 bits per heavy atom. The number of amides is 3. The summed E-state index contributed by atoms with van der Waals surface area (Å²) in [6.07, 6.45) is 3.24. The van der Waals surface area contributed by atoms with Crippen LogP contribution in [-0.2, 0) is 6.42 Å². The van der Waals surface area contributed by atoms with Crippen molar-refractivity contribution < 1.29 is 19.1 Å². The van der Waals surface area contributed by atoms with Crippen LogP contribution in [0, 0.1) is 0 Å². The van der Waals surface area contributed by atoms with Crippen LogP contribution in [-0.4, -0.2) is 74.8 Å². The fraction of sp³-hybridized carbons (Fsp3) is 0.480. The van der Waals surface area contributed by atoms with Crippen LogP contribution in [0.2, 0.25) is 0 Å². The summed E-state index contributed by atoms with van der Waals surface area (Å²) in [6, 6.07) is 9.40. The standard InChI is InChI=1S/C25H35N5O4/c1-5-18(2)28-25(32)30-15-13-29(14-16-30)23-20(7-6-11-26-23)24(31)27-12-10-19-8-9-21(33-3)22(17-19)34-4/h6-9,11,17-18H,5,10,12-16H2,1-4H3,(H,27,31)(H,28,32). The van der Waals surface area contributed by atoms with Gasteiger partial charge < -0.3 is 29.9 Å². The molecule has 184 valence electrons. The molecule has 9 nitrogen and oxygen atoms in total. The Morgan fingerprint density at radius 3 is 2.50 bits per heavy atom. The number of aromatic nitrogens is 1. The summed E-state index contributed by atoms with van der Waals surface area (Å²) in [5, 5.41) is 6.00. The van der Waals surface area contributed by atoms with Crippen LogP contribution in [0.1, 0.15) is 36.2 Å². The van der Waals surface area contributed by atoms with E-state index in [4.69, 9.17) is 9.47 Å². The highest BCUT2D eigenvalue weighted by Crippen LogP contribution is 2.27. The monoisotopic (exact) mass is 469 g/mol. The molecule has 34 heavy (non-hydrogen) atoms. The van der Waals surface area contributed by atoms with Gasteiger partial charge in [0.1, 0.15) is 5.82 Å². The van der Waals surface area contributed by atoms with E-state index in [1.54, 1.807) is 32.5 Å². The zero-order chi connectivity index (χ0) is 24.5. The average Bonchev–Trinajstić information content (AvgIpc) is 2.88. The first kappa shape index (κ1) is 25.1. The number of carbonyl (C=O) groups excluding carboxylic acids is 2. The second kappa shape index (κ2) is 12.1. The van der Waals surface area contributed by atoms with E-state index in [1.165, 1.54) is 0 Å². The topological polar surface area (TPSA) is 96.0 Å². The van der Waals surface area contributed by atoms with E-state index in [0.29, 0.717) is 62.0 Å². The predicted octanol–water partition coefficient (Wildman–Crippen LogP) is 2.70. The number of carbonyl (C=O) groups is 2. The molecule has 0 spiro atoms. The second-order valence-electron chi connectivity index (χ2n) is 8.30. The molecule has 0 saturated carbocycles. The molecule has 1 aliphatic rings. The van der Waals surface area contributed by atoms with Crippen molar-refractivity contribution in [1.29, 1.82) is 0 Å². The Balaban J connectivity index is 1.57. The van der Waals surface area contributed by atoms with Crippen molar-refractivity contribution in [3.63, 3.8) is 0 Å². The summed E-state index contributed by atoms with van der Waals surface area (Å²) in [5.74, 6) is 1.82. The van der Waals surface area contributed by atoms with Crippen LogP contribution in [0.5, 0.6) is 11.5 Å². The van der Waals surface area contributed by atoms with Gasteiger partial charge in [-0.3, -0.25) is 4.79 Å². The van der Waals surface area contributed by atoms with Gasteiger partial charge in [0.05, 0.1) is 19.8 Å². The van der Waals surface area contributed by atoms with E-state index < -0.39 is 0 Å². The van der Waals surface area contributed by atoms with E-state index in [2.05, 4.69) is 20.5 Å². The Hall–Kier alpha value is -3.49. The molecule has 0 aliphatic carbocycles. The molecule has 1 unspecified atom stereocenters. The van der Waals surface area contributed by atoms with Gasteiger partial charge in [0.15, 0.2) is 11.5 Å². The zero-order valence-corrected chi connectivity index (χ0v) is 20.5. The highest BCUT2D eigenvalue weighted by molar-refractivity contribution is 5.98. The van der Waals surface area contributed by atoms with Crippen LogP contribution in [0.4, 0.5) is 10.6 Å². The van der Waals surface area contributed by atoms with Crippen LogP contribution in [0.15, 0.2) is 36.5 Å². The van der Waals surface area contributed by atoms with Crippen LogP contribution < -0.4 is 25.0 Å². The van der Waals surface area contributed by atoms with E-state index in [9.17, 15) is 9.59 Å². The summed E-state index contributed by atoms with van der Waals surface area (Å²) < 4.78 is 10.6. The molecule has 1 aromatic carbocycles. The molecule has 0 bridgehead atoms. The first-order valence-electron chi connectivity index (χ1n) is 11.7. The van der Waals surface area contributed by atoms with Crippen molar-refractivity contribution in [1.82, 2.24) is 20.5 Å². The number of rotatable bonds is 9. The Labute approximate surface area is 201 Å². The third kappa shape index (κ3) is 6.30. The molecule has 1 aromatic heterocycles. The van der Waals surface area contributed by atoms with Crippen LogP contribution in [0.3, 0.4) is 0 Å². The maximum Gasteiger partial charge on any atom is 0.317 e. The third-order valence-electron chi connectivity index (χ3n) is 6.03. The van der Waals surface area contributed by atoms with Gasteiger partial charge in [0, 0.05) is 45.0 Å². The van der Waals surface area contributed by atoms with Crippen molar-refractivity contribution in [3.8, 4) is 11.5 Å². The molecule has 1 saturated heterocycles. The number of hydrogen-bond acceptors (Lipinski definition) is 6. The highest BCUT2D eigenvalue weighted by atomic mass is 16.5. The molecule has 3 rings (SSSR count). The third-order valence-corrected chi connectivity index (χ3v) is 6.03. The largest absolute Gasteiger partial charge is 0.493 e. The summed E-state index contributed by atoms with van der Waals surface area (Å²) in [4.78, 5) is 33.7. The number of benzene rings is 1. The molecule has 2 heterocycles. The number of hydrogen-bond donors (Lipinski definition) is 2. The summed E-state index contributed by atoms with van der Waals surface area (Å²) in [6.45, 7) is 6.93. The lowest BCUT2D eigenvalue weighted by Crippen LogP contribution is -2.53. The maximum absolute atomic E-state index is 13.0. The van der Waals surface area contributed by atoms with Gasteiger partial charge in [-0.05, 0) is 49.6 Å². The van der Waals surface area contributed by atoms with Crippen molar-refractivity contribution in [3.05, 3.63) is 47.7 Å². The minimum absolute atomic E-state index is 0.0388. The van der Waals surface area contributed by atoms with E-state index in [1.807, 2.05) is 36.9 Å². The Kier molecular flexibility index (Phi) is 8.95. The lowest BCUT2D eigenvalue weighted by Gasteiger charge is -2.36. The van der Waals surface area contributed by atoms with Gasteiger partial charge in [0.2, 0.25) is 0 Å². The fourth-order valence-electron chi connectivity index (χ4n) is 3.80. The van der Waals surface area contributed by atoms with Crippen molar-refractivity contribution in [2.24, 2.45) is 0 Å². The van der Waals surface area contributed by atoms with E-state index in [0.717, 1.165) is 12.0 Å². The van der Waals surface area contributed by atoms with Gasteiger partial charge in [-0.25, -0.2) is 9.78 Å². The first-order valence-corrected chi connectivity index (χ1v) is 11.7. The number of nitrogens with one attached hydrogen (secondary N) is 2. The van der Waals surface area contributed by atoms with Gasteiger partial charge in [-0.15, -0.1) is 0 Å². The van der Waals surface area contributed by atoms with Crippen molar-refractivity contribution in [2.45, 2.75) is 32.7 Å². The number of nitrogens with zero attached hydrogens (tertiary/aromatic N) is 3. The molecule has 1 atom stereocenters. The number of urea groups is 1. The molecule has 1 aliphatic heterocycles. The van der Waals surface area contributed by atoms with Gasteiger partial charge in [0.25, 0.3) is 5.91 Å². The number of pyridine rings is 1. The first-order chi connectivity index (χ1) is 16.5. The smallest absolute Gasteiger partial charge is 0.317 e. The number of piperazine rings is 1. The minimum Gasteiger partial charge on any atom is -0.493 e. The van der Waals surface area contributed by atoms with E-state index >= 15 is 0 Å². The quantitative estimate of drug-likeness (QED) is 0.586. The normalized spacial score (nSPS) is 14.4. The molecule has 9 heteroatoms. The average molecular weight is 470 g/mol. The lowest BCUT2D eigenvalue weighted by atomic mass is 10.1. The molecule has 3 amide bonds. The maximum atomic E-state index is 13.0. The van der Waals surface area contributed by atoms with Gasteiger partial charge in [-0.1, -0.05) is 13.0 Å². The molecule has 0 radical (unpaired) electrons. The molecular formula is C25H35N5O4.